The lowest BCUT2D eigenvalue weighted by atomic mass is 10.0. The van der Waals surface area contributed by atoms with E-state index in [1.165, 1.54) is 18.6 Å². The predicted molar refractivity (Wildman–Crippen MR) is 120 cm³/mol. The van der Waals surface area contributed by atoms with Crippen molar-refractivity contribution < 1.29 is 32.9 Å². The second-order valence-corrected chi connectivity index (χ2v) is 9.12. The smallest absolute Gasteiger partial charge is 0.376 e. The average Bonchev–Trinajstić information content (AvgIpc) is 3.27. The lowest BCUT2D eigenvalue weighted by Gasteiger charge is -2.16. The van der Waals surface area contributed by atoms with Gasteiger partial charge in [-0.1, -0.05) is 13.0 Å². The van der Waals surface area contributed by atoms with Crippen molar-refractivity contribution in [3.8, 4) is 51.1 Å². The Morgan fingerprint density at radius 3 is 2.06 bits per heavy atom. The summed E-state index contributed by atoms with van der Waals surface area (Å²) in [4.78, 5) is 9.94. The number of rotatable bonds is 9. The maximum atomic E-state index is 12.1. The van der Waals surface area contributed by atoms with Crippen molar-refractivity contribution in [2.75, 3.05) is 34.6 Å². The van der Waals surface area contributed by atoms with Gasteiger partial charge in [0.25, 0.3) is 0 Å². The van der Waals surface area contributed by atoms with Crippen LogP contribution in [0.4, 0.5) is 0 Å². The molecule has 0 saturated carbocycles. The Kier molecular flexibility index (Phi) is 7.10. The summed E-state index contributed by atoms with van der Waals surface area (Å²) >= 11 is 1.29. The van der Waals surface area contributed by atoms with E-state index in [4.69, 9.17) is 23.5 Å². The van der Waals surface area contributed by atoms with E-state index in [1.54, 1.807) is 40.4 Å². The molecule has 1 unspecified atom stereocenters. The fourth-order valence-electron chi connectivity index (χ4n) is 3.00. The highest BCUT2D eigenvalue weighted by molar-refractivity contribution is 7.53. The molecule has 0 spiro atoms. The molecule has 166 valence electrons. The first-order chi connectivity index (χ1) is 14.9. The number of ether oxygens (including phenoxy) is 4. The third-order valence-electron chi connectivity index (χ3n) is 4.62. The van der Waals surface area contributed by atoms with Gasteiger partial charge >= 0.3 is 7.60 Å². The molecule has 0 aliphatic rings. The van der Waals surface area contributed by atoms with Gasteiger partial charge < -0.3 is 28.4 Å². The van der Waals surface area contributed by atoms with Gasteiger partial charge in [-0.25, -0.2) is 4.57 Å². The number of methoxy groups -OCH3 is 4. The summed E-state index contributed by atoms with van der Waals surface area (Å²) < 4.78 is 43.7. The van der Waals surface area contributed by atoms with Crippen LogP contribution in [0.5, 0.6) is 28.7 Å². The molecule has 0 amide bonds. The third-order valence-corrected chi connectivity index (χ3v) is 6.53. The van der Waals surface area contributed by atoms with Crippen LogP contribution in [0.3, 0.4) is 0 Å². The molecule has 0 fully saturated rings. The maximum absolute atomic E-state index is 12.1. The molecule has 1 heterocycles. The Bertz CT molecular complexity index is 1090. The van der Waals surface area contributed by atoms with Gasteiger partial charge in [-0.15, -0.1) is 0 Å². The molecule has 3 rings (SSSR count). The molecule has 0 bridgehead atoms. The van der Waals surface area contributed by atoms with Crippen molar-refractivity contribution in [2.24, 2.45) is 0 Å². The fourth-order valence-corrected chi connectivity index (χ4v) is 4.30. The summed E-state index contributed by atoms with van der Waals surface area (Å²) in [6.45, 7) is 1.59. The zero-order chi connectivity index (χ0) is 22.6. The summed E-state index contributed by atoms with van der Waals surface area (Å²) in [7, 11) is 2.35. The van der Waals surface area contributed by atoms with Crippen LogP contribution in [-0.2, 0) is 4.57 Å². The molecule has 1 N–H and O–H groups in total. The maximum Gasteiger partial charge on any atom is 0.376 e. The third kappa shape index (κ3) is 4.79. The monoisotopic (exact) mass is 465 g/mol. The average molecular weight is 465 g/mol. The van der Waals surface area contributed by atoms with Gasteiger partial charge in [0.15, 0.2) is 23.0 Å². The van der Waals surface area contributed by atoms with Crippen LogP contribution in [0.25, 0.3) is 22.4 Å². The van der Waals surface area contributed by atoms with E-state index in [1.807, 2.05) is 23.6 Å². The van der Waals surface area contributed by atoms with Gasteiger partial charge in [0.05, 0.1) is 40.3 Å². The van der Waals surface area contributed by atoms with Crippen molar-refractivity contribution in [2.45, 2.75) is 6.92 Å². The number of hydrogen-bond donors (Lipinski definition) is 1. The Hall–Kier alpha value is -2.74. The van der Waals surface area contributed by atoms with Crippen molar-refractivity contribution in [3.05, 3.63) is 35.7 Å². The lowest BCUT2D eigenvalue weighted by molar-refractivity contribution is 0.324. The molecule has 31 heavy (non-hydrogen) atoms. The fraction of sp³-hybridized carbons (Fsp3) is 0.286. The molecular weight excluding hydrogens is 441 g/mol. The molecule has 0 aliphatic carbocycles. The Morgan fingerprint density at radius 1 is 0.903 bits per heavy atom. The topological polar surface area (TPSA) is 96.3 Å². The molecule has 0 saturated heterocycles. The summed E-state index contributed by atoms with van der Waals surface area (Å²) in [5.74, 6) is 2.07. The zero-order valence-corrected chi connectivity index (χ0v) is 19.6. The number of benzene rings is 2. The van der Waals surface area contributed by atoms with E-state index in [9.17, 15) is 9.46 Å². The Labute approximate surface area is 185 Å². The van der Waals surface area contributed by atoms with Gasteiger partial charge in [-0.3, -0.25) is 0 Å². The van der Waals surface area contributed by atoms with Gasteiger partial charge in [0.1, 0.15) is 0 Å². The quantitative estimate of drug-likeness (QED) is 0.436. The lowest BCUT2D eigenvalue weighted by Crippen LogP contribution is -1.97. The molecule has 8 nitrogen and oxygen atoms in total. The Morgan fingerprint density at radius 2 is 1.52 bits per heavy atom. The molecule has 3 aromatic rings. The van der Waals surface area contributed by atoms with Gasteiger partial charge in [-0.2, -0.15) is 4.37 Å². The van der Waals surface area contributed by atoms with Crippen LogP contribution in [0.2, 0.25) is 0 Å². The highest BCUT2D eigenvalue weighted by Crippen LogP contribution is 2.48. The van der Waals surface area contributed by atoms with Crippen molar-refractivity contribution in [3.63, 3.8) is 0 Å². The van der Waals surface area contributed by atoms with E-state index in [0.717, 1.165) is 16.7 Å². The zero-order valence-electron chi connectivity index (χ0n) is 17.9. The van der Waals surface area contributed by atoms with E-state index in [0.29, 0.717) is 28.7 Å². The molecule has 0 aliphatic heterocycles. The molecule has 10 heteroatoms. The van der Waals surface area contributed by atoms with Gasteiger partial charge in [0.2, 0.25) is 5.75 Å². The summed E-state index contributed by atoms with van der Waals surface area (Å²) in [5.41, 5.74) is 3.04. The summed E-state index contributed by atoms with van der Waals surface area (Å²) in [6.07, 6.45) is -0.0168. The van der Waals surface area contributed by atoms with Crippen molar-refractivity contribution in [1.29, 1.82) is 0 Å². The SMILES string of the molecule is CCP(=O)(O)Oc1cc(-c2csnc2-c2cc(OC)c(OC)c(OC)c2)ccc1OC. The second kappa shape index (κ2) is 9.60. The van der Waals surface area contributed by atoms with Crippen LogP contribution in [0.15, 0.2) is 35.7 Å². The van der Waals surface area contributed by atoms with Crippen molar-refractivity contribution >= 4 is 19.1 Å². The minimum atomic E-state index is -3.77. The highest BCUT2D eigenvalue weighted by atomic mass is 32.1. The number of hydrogen-bond acceptors (Lipinski definition) is 8. The van der Waals surface area contributed by atoms with E-state index in [-0.39, 0.29) is 11.9 Å². The molecule has 1 atom stereocenters. The number of nitrogens with zero attached hydrogens (tertiary/aromatic N) is 1. The number of aromatic nitrogens is 1. The predicted octanol–water partition coefficient (Wildman–Crippen LogP) is 5.10. The van der Waals surface area contributed by atoms with Crippen LogP contribution in [0.1, 0.15) is 6.92 Å². The summed E-state index contributed by atoms with van der Waals surface area (Å²) in [6, 6.07) is 8.84. The van der Waals surface area contributed by atoms with E-state index < -0.39 is 7.60 Å². The van der Waals surface area contributed by atoms with Gasteiger partial charge in [-0.05, 0) is 41.4 Å². The standard InChI is InChI=1S/C21H24NO7PS/c1-6-30(23,24)29-17-9-13(7-8-16(17)25-2)15-12-31-22-20(15)14-10-18(26-3)21(28-5)19(11-14)27-4/h7-12H,6H2,1-5H3,(H,23,24). The normalized spacial score (nSPS) is 12.7. The minimum Gasteiger partial charge on any atom is -0.493 e. The van der Waals surface area contributed by atoms with Crippen LogP contribution in [-0.4, -0.2) is 43.9 Å². The van der Waals surface area contributed by atoms with E-state index >= 15 is 0 Å². The molecular formula is C21H24NO7PS. The first kappa shape index (κ1) is 22.9. The molecule has 0 radical (unpaired) electrons. The van der Waals surface area contributed by atoms with E-state index in [2.05, 4.69) is 4.37 Å². The van der Waals surface area contributed by atoms with Crippen LogP contribution in [0, 0.1) is 0 Å². The minimum absolute atomic E-state index is 0.0168. The first-order valence-electron chi connectivity index (χ1n) is 9.32. The Balaban J connectivity index is 2.11. The molecule has 1 aromatic heterocycles. The molecule has 2 aromatic carbocycles. The van der Waals surface area contributed by atoms with Crippen molar-refractivity contribution in [1.82, 2.24) is 4.37 Å². The summed E-state index contributed by atoms with van der Waals surface area (Å²) in [5, 5.41) is 1.89. The van der Waals surface area contributed by atoms with Crippen LogP contribution >= 0.6 is 19.1 Å². The second-order valence-electron chi connectivity index (χ2n) is 6.40. The first-order valence-corrected chi connectivity index (χ1v) is 11.9. The largest absolute Gasteiger partial charge is 0.493 e. The van der Waals surface area contributed by atoms with Crippen LogP contribution < -0.4 is 23.5 Å². The highest BCUT2D eigenvalue weighted by Gasteiger charge is 2.22. The van der Waals surface area contributed by atoms with Gasteiger partial charge in [0, 0.05) is 16.5 Å².